The van der Waals surface area contributed by atoms with E-state index in [1.54, 1.807) is 0 Å². The van der Waals surface area contributed by atoms with Gasteiger partial charge in [0, 0.05) is 16.1 Å². The van der Waals surface area contributed by atoms with Crippen LogP contribution in [0.25, 0.3) is 0 Å². The molecular formula is C13H8Cl2F2O. The van der Waals surface area contributed by atoms with Crippen molar-refractivity contribution in [2.75, 3.05) is 0 Å². The number of rotatable bonds is 2. The van der Waals surface area contributed by atoms with E-state index in [0.29, 0.717) is 0 Å². The van der Waals surface area contributed by atoms with Crippen molar-refractivity contribution in [1.82, 2.24) is 0 Å². The van der Waals surface area contributed by atoms with Gasteiger partial charge in [0.15, 0.2) is 0 Å². The molecule has 0 bridgehead atoms. The van der Waals surface area contributed by atoms with Crippen molar-refractivity contribution in [1.29, 1.82) is 0 Å². The summed E-state index contributed by atoms with van der Waals surface area (Å²) in [5.41, 5.74) is 0.285. The van der Waals surface area contributed by atoms with Crippen LogP contribution in [-0.2, 0) is 0 Å². The molecule has 0 aliphatic rings. The molecule has 2 aromatic rings. The van der Waals surface area contributed by atoms with E-state index >= 15 is 0 Å². The Balaban J connectivity index is 2.51. The lowest BCUT2D eigenvalue weighted by Crippen LogP contribution is -2.03. The van der Waals surface area contributed by atoms with E-state index in [-0.39, 0.29) is 21.2 Å². The van der Waals surface area contributed by atoms with Gasteiger partial charge >= 0.3 is 0 Å². The fourth-order valence-electron chi connectivity index (χ4n) is 1.62. The number of hydrogen-bond acceptors (Lipinski definition) is 1. The van der Waals surface area contributed by atoms with E-state index in [4.69, 9.17) is 23.2 Å². The predicted molar refractivity (Wildman–Crippen MR) is 66.9 cm³/mol. The molecule has 1 unspecified atom stereocenters. The Hall–Kier alpha value is -1.16. The molecule has 0 saturated heterocycles. The van der Waals surface area contributed by atoms with Gasteiger partial charge in [-0.3, -0.25) is 0 Å². The molecule has 0 aliphatic carbocycles. The highest BCUT2D eigenvalue weighted by Gasteiger charge is 2.19. The first kappa shape index (κ1) is 13.3. The van der Waals surface area contributed by atoms with Crippen molar-refractivity contribution >= 4 is 23.2 Å². The Morgan fingerprint density at radius 2 is 1.72 bits per heavy atom. The molecule has 5 heteroatoms. The summed E-state index contributed by atoms with van der Waals surface area (Å²) in [4.78, 5) is 0. The van der Waals surface area contributed by atoms with Crippen LogP contribution in [0.3, 0.4) is 0 Å². The van der Waals surface area contributed by atoms with Crippen LogP contribution in [0.2, 0.25) is 10.0 Å². The molecule has 0 radical (unpaired) electrons. The van der Waals surface area contributed by atoms with Crippen molar-refractivity contribution in [2.45, 2.75) is 6.10 Å². The summed E-state index contributed by atoms with van der Waals surface area (Å²) in [5, 5.41) is 10.1. The lowest BCUT2D eigenvalue weighted by atomic mass is 10.0. The standard InChI is InChI=1S/C13H8Cl2F2O/c14-10-5-4-7(16)6-9(10)13(18)8-2-1-3-11(17)12(8)15/h1-6,13,18H. The van der Waals surface area contributed by atoms with E-state index in [1.165, 1.54) is 30.3 Å². The SMILES string of the molecule is OC(c1cc(F)ccc1Cl)c1cccc(F)c1Cl. The number of hydrogen-bond donors (Lipinski definition) is 1. The lowest BCUT2D eigenvalue weighted by Gasteiger charge is -2.15. The predicted octanol–water partition coefficient (Wildman–Crippen LogP) is 4.35. The lowest BCUT2D eigenvalue weighted by molar-refractivity contribution is 0.219. The minimum atomic E-state index is -1.28. The van der Waals surface area contributed by atoms with E-state index in [2.05, 4.69) is 0 Å². The summed E-state index contributed by atoms with van der Waals surface area (Å²) >= 11 is 11.6. The van der Waals surface area contributed by atoms with Gasteiger partial charge in [0.25, 0.3) is 0 Å². The maximum atomic E-state index is 13.3. The van der Waals surface area contributed by atoms with Gasteiger partial charge in [-0.05, 0) is 24.3 Å². The van der Waals surface area contributed by atoms with Gasteiger partial charge in [0.05, 0.1) is 5.02 Å². The van der Waals surface area contributed by atoms with Crippen molar-refractivity contribution in [3.63, 3.8) is 0 Å². The molecular weight excluding hydrogens is 281 g/mol. The van der Waals surface area contributed by atoms with Gasteiger partial charge in [-0.2, -0.15) is 0 Å². The molecule has 0 saturated carbocycles. The second-order valence-corrected chi connectivity index (χ2v) is 4.50. The number of halogens is 4. The third kappa shape index (κ3) is 2.48. The summed E-state index contributed by atoms with van der Waals surface area (Å²) < 4.78 is 26.4. The van der Waals surface area contributed by atoms with Crippen LogP contribution >= 0.6 is 23.2 Å². The average molecular weight is 289 g/mol. The molecule has 2 aromatic carbocycles. The molecule has 0 aromatic heterocycles. The molecule has 0 fully saturated rings. The molecule has 0 heterocycles. The summed E-state index contributed by atoms with van der Waals surface area (Å²) in [6.45, 7) is 0. The Morgan fingerprint density at radius 1 is 1.00 bits per heavy atom. The molecule has 2 rings (SSSR count). The molecule has 1 atom stereocenters. The molecule has 1 nitrogen and oxygen atoms in total. The topological polar surface area (TPSA) is 20.2 Å². The zero-order chi connectivity index (χ0) is 13.3. The largest absolute Gasteiger partial charge is 0.384 e. The molecule has 0 amide bonds. The fraction of sp³-hybridized carbons (Fsp3) is 0.0769. The zero-order valence-electron chi connectivity index (χ0n) is 9.00. The zero-order valence-corrected chi connectivity index (χ0v) is 10.5. The van der Waals surface area contributed by atoms with Gasteiger partial charge in [0.2, 0.25) is 0 Å². The fourth-order valence-corrected chi connectivity index (χ4v) is 2.07. The van der Waals surface area contributed by atoms with Crippen molar-refractivity contribution in [3.05, 3.63) is 69.2 Å². The second-order valence-electron chi connectivity index (χ2n) is 3.71. The summed E-state index contributed by atoms with van der Waals surface area (Å²) in [6.07, 6.45) is -1.28. The highest BCUT2D eigenvalue weighted by molar-refractivity contribution is 6.32. The van der Waals surface area contributed by atoms with E-state index < -0.39 is 17.7 Å². The van der Waals surface area contributed by atoms with Crippen LogP contribution in [-0.4, -0.2) is 5.11 Å². The van der Waals surface area contributed by atoms with Crippen LogP contribution < -0.4 is 0 Å². The summed E-state index contributed by atoms with van der Waals surface area (Å²) in [5.74, 6) is -1.19. The Labute approximate surface area is 113 Å². The Kier molecular flexibility index (Phi) is 3.85. The van der Waals surface area contributed by atoms with E-state index in [1.807, 2.05) is 0 Å². The first-order chi connectivity index (χ1) is 8.50. The minimum Gasteiger partial charge on any atom is -0.384 e. The number of aliphatic hydroxyl groups excluding tert-OH is 1. The van der Waals surface area contributed by atoms with E-state index in [0.717, 1.165) is 6.07 Å². The smallest absolute Gasteiger partial charge is 0.142 e. The van der Waals surface area contributed by atoms with Crippen LogP contribution in [0.4, 0.5) is 8.78 Å². The quantitative estimate of drug-likeness (QED) is 0.871. The summed E-state index contributed by atoms with van der Waals surface area (Å²) in [6, 6.07) is 7.62. The van der Waals surface area contributed by atoms with Gasteiger partial charge in [-0.25, -0.2) is 8.78 Å². The van der Waals surface area contributed by atoms with Crippen LogP contribution in [0.1, 0.15) is 17.2 Å². The van der Waals surface area contributed by atoms with Gasteiger partial charge in [0.1, 0.15) is 17.7 Å². The van der Waals surface area contributed by atoms with Crippen molar-refractivity contribution in [3.8, 4) is 0 Å². The maximum absolute atomic E-state index is 13.3. The van der Waals surface area contributed by atoms with Gasteiger partial charge in [-0.1, -0.05) is 35.3 Å². The molecule has 0 spiro atoms. The average Bonchev–Trinajstić information content (AvgIpc) is 2.35. The molecule has 1 N–H and O–H groups in total. The highest BCUT2D eigenvalue weighted by Crippen LogP contribution is 2.33. The van der Waals surface area contributed by atoms with Crippen LogP contribution in [0.5, 0.6) is 0 Å². The number of aliphatic hydroxyl groups is 1. The first-order valence-electron chi connectivity index (χ1n) is 5.07. The van der Waals surface area contributed by atoms with Crippen LogP contribution in [0, 0.1) is 11.6 Å². The third-order valence-electron chi connectivity index (χ3n) is 2.53. The van der Waals surface area contributed by atoms with Gasteiger partial charge < -0.3 is 5.11 Å². The minimum absolute atomic E-state index is 0.143. The third-order valence-corrected chi connectivity index (χ3v) is 3.27. The monoisotopic (exact) mass is 288 g/mol. The highest BCUT2D eigenvalue weighted by atomic mass is 35.5. The normalized spacial score (nSPS) is 12.5. The summed E-state index contributed by atoms with van der Waals surface area (Å²) in [7, 11) is 0. The Morgan fingerprint density at radius 3 is 2.44 bits per heavy atom. The van der Waals surface area contributed by atoms with Crippen molar-refractivity contribution in [2.24, 2.45) is 0 Å². The molecule has 18 heavy (non-hydrogen) atoms. The Bertz CT molecular complexity index is 585. The molecule has 94 valence electrons. The number of benzene rings is 2. The second kappa shape index (κ2) is 5.22. The van der Waals surface area contributed by atoms with Gasteiger partial charge in [-0.15, -0.1) is 0 Å². The first-order valence-corrected chi connectivity index (χ1v) is 5.83. The van der Waals surface area contributed by atoms with Crippen molar-refractivity contribution < 1.29 is 13.9 Å². The maximum Gasteiger partial charge on any atom is 0.142 e. The van der Waals surface area contributed by atoms with E-state index in [9.17, 15) is 13.9 Å². The molecule has 0 aliphatic heterocycles. The van der Waals surface area contributed by atoms with Crippen LogP contribution in [0.15, 0.2) is 36.4 Å².